The van der Waals surface area contributed by atoms with Gasteiger partial charge in [0.1, 0.15) is 19.0 Å². The molecule has 0 spiro atoms. The molecular formula is C16H19F4NO3. The summed E-state index contributed by atoms with van der Waals surface area (Å²) in [5.41, 5.74) is 0.823. The number of amides is 1. The molecule has 2 rings (SSSR count). The van der Waals surface area contributed by atoms with E-state index in [2.05, 4.69) is 4.74 Å². The number of methoxy groups -OCH3 is 1. The maximum absolute atomic E-state index is 12.8. The van der Waals surface area contributed by atoms with Gasteiger partial charge in [0.05, 0.1) is 13.2 Å². The van der Waals surface area contributed by atoms with Crippen molar-refractivity contribution < 1.29 is 31.8 Å². The van der Waals surface area contributed by atoms with Crippen LogP contribution in [0.5, 0.6) is 5.75 Å². The first-order valence-electron chi connectivity index (χ1n) is 7.53. The molecule has 1 aromatic carbocycles. The number of para-hydroxylation sites is 1. The largest absolute Gasteiger partial charge is 0.496 e. The zero-order chi connectivity index (χ0) is 17.7. The van der Waals surface area contributed by atoms with Crippen LogP contribution < -0.4 is 4.74 Å². The van der Waals surface area contributed by atoms with Crippen molar-refractivity contribution in [2.75, 3.05) is 26.9 Å². The van der Waals surface area contributed by atoms with E-state index in [4.69, 9.17) is 4.74 Å². The van der Waals surface area contributed by atoms with Crippen LogP contribution in [0.25, 0.3) is 0 Å². The Hall–Kier alpha value is -1.83. The molecule has 1 fully saturated rings. The van der Waals surface area contributed by atoms with Crippen molar-refractivity contribution in [1.82, 2.24) is 4.90 Å². The number of halogens is 4. The first-order chi connectivity index (χ1) is 11.4. The molecule has 1 unspecified atom stereocenters. The lowest BCUT2D eigenvalue weighted by Crippen LogP contribution is -2.37. The van der Waals surface area contributed by atoms with Crippen molar-refractivity contribution in [1.29, 1.82) is 0 Å². The predicted octanol–water partition coefficient (Wildman–Crippen LogP) is 3.28. The number of hydrogen-bond acceptors (Lipinski definition) is 3. The standard InChI is InChI=1S/C16H19F4NO3/c1-23-13-7-3-2-5-11(13)12-6-4-8-21(12)14(22)9-24-10-16(19,20)15(17)18/h2-3,5,7,12,15H,4,6,8-10H2,1H3. The van der Waals surface area contributed by atoms with Crippen molar-refractivity contribution in [2.24, 2.45) is 0 Å². The van der Waals surface area contributed by atoms with Gasteiger partial charge in [0, 0.05) is 12.1 Å². The monoisotopic (exact) mass is 349 g/mol. The third kappa shape index (κ3) is 4.17. The van der Waals surface area contributed by atoms with E-state index in [1.807, 2.05) is 12.1 Å². The number of alkyl halides is 4. The normalized spacial score (nSPS) is 18.2. The molecule has 1 saturated heterocycles. The highest BCUT2D eigenvalue weighted by Gasteiger charge is 2.41. The van der Waals surface area contributed by atoms with E-state index in [1.165, 1.54) is 12.0 Å². The van der Waals surface area contributed by atoms with E-state index in [0.717, 1.165) is 12.0 Å². The summed E-state index contributed by atoms with van der Waals surface area (Å²) in [6.45, 7) is -1.69. The van der Waals surface area contributed by atoms with Crippen LogP contribution in [0.1, 0.15) is 24.4 Å². The fourth-order valence-corrected chi connectivity index (χ4v) is 2.75. The lowest BCUT2D eigenvalue weighted by molar-refractivity contribution is -0.171. The van der Waals surface area contributed by atoms with E-state index in [0.29, 0.717) is 18.7 Å². The average Bonchev–Trinajstić information content (AvgIpc) is 3.03. The van der Waals surface area contributed by atoms with Crippen molar-refractivity contribution in [3.8, 4) is 5.75 Å². The summed E-state index contributed by atoms with van der Waals surface area (Å²) in [5, 5.41) is 0. The molecule has 1 atom stereocenters. The topological polar surface area (TPSA) is 38.8 Å². The Morgan fingerprint density at radius 3 is 2.75 bits per heavy atom. The van der Waals surface area contributed by atoms with Crippen LogP contribution in [-0.2, 0) is 9.53 Å². The Morgan fingerprint density at radius 2 is 2.08 bits per heavy atom. The van der Waals surface area contributed by atoms with Crippen LogP contribution in [0, 0.1) is 0 Å². The van der Waals surface area contributed by atoms with Gasteiger partial charge < -0.3 is 14.4 Å². The molecule has 0 N–H and O–H groups in total. The SMILES string of the molecule is COc1ccccc1C1CCCN1C(=O)COCC(F)(F)C(F)F. The molecule has 1 heterocycles. The molecule has 0 saturated carbocycles. The molecule has 0 bridgehead atoms. The quantitative estimate of drug-likeness (QED) is 0.709. The Kier molecular flexibility index (Phi) is 6.04. The third-order valence-electron chi connectivity index (χ3n) is 3.91. The maximum atomic E-state index is 12.8. The van der Waals surface area contributed by atoms with Crippen LogP contribution in [0.4, 0.5) is 17.6 Å². The molecule has 1 aromatic rings. The van der Waals surface area contributed by atoms with E-state index >= 15 is 0 Å². The Morgan fingerprint density at radius 1 is 1.38 bits per heavy atom. The van der Waals surface area contributed by atoms with Crippen molar-refractivity contribution in [3.05, 3.63) is 29.8 Å². The molecule has 8 heteroatoms. The zero-order valence-electron chi connectivity index (χ0n) is 13.2. The zero-order valence-corrected chi connectivity index (χ0v) is 13.2. The number of benzene rings is 1. The Bertz CT molecular complexity index is 568. The van der Waals surface area contributed by atoms with Gasteiger partial charge in [-0.15, -0.1) is 0 Å². The minimum atomic E-state index is -4.26. The van der Waals surface area contributed by atoms with Crippen molar-refractivity contribution >= 4 is 5.91 Å². The summed E-state index contributed by atoms with van der Waals surface area (Å²) in [5.74, 6) is -4.13. The number of hydrogen-bond donors (Lipinski definition) is 0. The summed E-state index contributed by atoms with van der Waals surface area (Å²) in [6.07, 6.45) is -2.36. The molecular weight excluding hydrogens is 330 g/mol. The summed E-state index contributed by atoms with van der Waals surface area (Å²) in [4.78, 5) is 13.7. The second-order valence-electron chi connectivity index (χ2n) is 5.54. The molecule has 0 radical (unpaired) electrons. The predicted molar refractivity (Wildman–Crippen MR) is 78.5 cm³/mol. The Labute approximate surface area is 137 Å². The summed E-state index contributed by atoms with van der Waals surface area (Å²) in [7, 11) is 1.52. The molecule has 1 aliphatic rings. The van der Waals surface area contributed by atoms with Gasteiger partial charge in [-0.3, -0.25) is 4.79 Å². The van der Waals surface area contributed by atoms with Crippen molar-refractivity contribution in [2.45, 2.75) is 31.2 Å². The second-order valence-corrected chi connectivity index (χ2v) is 5.54. The van der Waals surface area contributed by atoms with E-state index in [9.17, 15) is 22.4 Å². The smallest absolute Gasteiger partial charge is 0.330 e. The van der Waals surface area contributed by atoms with Gasteiger partial charge in [-0.2, -0.15) is 8.78 Å². The number of carbonyl (C=O) groups excluding carboxylic acids is 1. The van der Waals surface area contributed by atoms with Crippen LogP contribution in [0.2, 0.25) is 0 Å². The first kappa shape index (κ1) is 18.5. The van der Waals surface area contributed by atoms with Gasteiger partial charge in [0.15, 0.2) is 0 Å². The minimum Gasteiger partial charge on any atom is -0.496 e. The minimum absolute atomic E-state index is 0.243. The van der Waals surface area contributed by atoms with Gasteiger partial charge in [0.2, 0.25) is 5.91 Å². The lowest BCUT2D eigenvalue weighted by Gasteiger charge is -2.26. The van der Waals surface area contributed by atoms with Crippen LogP contribution in [0.3, 0.4) is 0 Å². The van der Waals surface area contributed by atoms with Gasteiger partial charge >= 0.3 is 12.3 Å². The van der Waals surface area contributed by atoms with Gasteiger partial charge in [-0.1, -0.05) is 18.2 Å². The van der Waals surface area contributed by atoms with Crippen LogP contribution in [0.15, 0.2) is 24.3 Å². The van der Waals surface area contributed by atoms with Crippen LogP contribution >= 0.6 is 0 Å². The van der Waals surface area contributed by atoms with Gasteiger partial charge in [-0.05, 0) is 18.9 Å². The third-order valence-corrected chi connectivity index (χ3v) is 3.91. The fourth-order valence-electron chi connectivity index (χ4n) is 2.75. The molecule has 134 valence electrons. The maximum Gasteiger partial charge on any atom is 0.330 e. The first-order valence-corrected chi connectivity index (χ1v) is 7.53. The molecule has 1 aliphatic heterocycles. The molecule has 0 aliphatic carbocycles. The van der Waals surface area contributed by atoms with E-state index < -0.39 is 31.5 Å². The van der Waals surface area contributed by atoms with Crippen molar-refractivity contribution in [3.63, 3.8) is 0 Å². The summed E-state index contributed by atoms with van der Waals surface area (Å²) >= 11 is 0. The van der Waals surface area contributed by atoms with Crippen LogP contribution in [-0.4, -0.2) is 50.0 Å². The lowest BCUT2D eigenvalue weighted by atomic mass is 10.0. The number of nitrogens with zero attached hydrogens (tertiary/aromatic N) is 1. The summed E-state index contributed by atoms with van der Waals surface area (Å²) in [6, 6.07) is 6.99. The summed E-state index contributed by atoms with van der Waals surface area (Å²) < 4.78 is 59.5. The molecule has 1 amide bonds. The number of likely N-dealkylation sites (tertiary alicyclic amines) is 1. The van der Waals surface area contributed by atoms with E-state index in [-0.39, 0.29) is 6.04 Å². The highest BCUT2D eigenvalue weighted by Crippen LogP contribution is 2.36. The highest BCUT2D eigenvalue weighted by atomic mass is 19.3. The van der Waals surface area contributed by atoms with Gasteiger partial charge in [-0.25, -0.2) is 8.78 Å². The second kappa shape index (κ2) is 7.83. The number of ether oxygens (including phenoxy) is 2. The Balaban J connectivity index is 1.99. The van der Waals surface area contributed by atoms with Gasteiger partial charge in [0.25, 0.3) is 0 Å². The number of carbonyl (C=O) groups is 1. The average molecular weight is 349 g/mol. The molecule has 4 nitrogen and oxygen atoms in total. The fraction of sp³-hybridized carbons (Fsp3) is 0.562. The molecule has 24 heavy (non-hydrogen) atoms. The highest BCUT2D eigenvalue weighted by molar-refractivity contribution is 5.78. The number of rotatable bonds is 7. The van der Waals surface area contributed by atoms with E-state index in [1.54, 1.807) is 12.1 Å². The molecule has 0 aromatic heterocycles.